The van der Waals surface area contributed by atoms with Crippen LogP contribution in [-0.2, 0) is 10.0 Å². The van der Waals surface area contributed by atoms with Gasteiger partial charge in [-0.3, -0.25) is 0 Å². The average Bonchev–Trinajstić information content (AvgIpc) is 2.30. The Kier molecular flexibility index (Phi) is 5.11. The quantitative estimate of drug-likeness (QED) is 0.655. The van der Waals surface area contributed by atoms with E-state index in [4.69, 9.17) is 5.73 Å². The molecule has 19 heavy (non-hydrogen) atoms. The predicted molar refractivity (Wildman–Crippen MR) is 77.8 cm³/mol. The van der Waals surface area contributed by atoms with Gasteiger partial charge in [0.1, 0.15) is 10.7 Å². The van der Waals surface area contributed by atoms with Crippen molar-refractivity contribution in [3.05, 3.63) is 34.6 Å². The minimum absolute atomic E-state index is 0.147. The monoisotopic (exact) mass is 350 g/mol. The fourth-order valence-corrected chi connectivity index (χ4v) is 3.45. The Morgan fingerprint density at radius 2 is 2.11 bits per heavy atom. The summed E-state index contributed by atoms with van der Waals surface area (Å²) in [6.07, 6.45) is 0. The maximum absolute atomic E-state index is 13.8. The van der Waals surface area contributed by atoms with E-state index in [1.807, 2.05) is 0 Å². The lowest BCUT2D eigenvalue weighted by Crippen LogP contribution is -2.32. The molecule has 0 saturated heterocycles. The summed E-state index contributed by atoms with van der Waals surface area (Å²) in [4.78, 5) is -0.420. The number of hydrogen-bond donors (Lipinski definition) is 1. The van der Waals surface area contributed by atoms with Gasteiger partial charge in [-0.15, -0.1) is 0 Å². The van der Waals surface area contributed by atoms with Crippen molar-refractivity contribution in [1.82, 2.24) is 4.31 Å². The first kappa shape index (κ1) is 16.1. The molecule has 0 aliphatic rings. The number of likely N-dealkylation sites (N-methyl/N-ethyl adjacent to an activating group) is 1. The number of halogens is 2. The Morgan fingerprint density at radius 3 is 2.58 bits per heavy atom. The highest BCUT2D eigenvalue weighted by atomic mass is 79.9. The van der Waals surface area contributed by atoms with E-state index >= 15 is 0 Å². The highest BCUT2D eigenvalue weighted by Crippen LogP contribution is 2.28. The van der Waals surface area contributed by atoms with Crippen LogP contribution < -0.4 is 5.73 Å². The lowest BCUT2D eigenvalue weighted by molar-refractivity contribution is 0.447. The molecule has 4 nitrogen and oxygen atoms in total. The van der Waals surface area contributed by atoms with E-state index < -0.39 is 20.7 Å². The van der Waals surface area contributed by atoms with Crippen molar-refractivity contribution in [1.29, 1.82) is 0 Å². The topological polar surface area (TPSA) is 63.4 Å². The molecule has 106 valence electrons. The Bertz CT molecular complexity index is 602. The van der Waals surface area contributed by atoms with E-state index in [-0.39, 0.29) is 18.8 Å². The largest absolute Gasteiger partial charge is 0.398 e. The highest BCUT2D eigenvalue weighted by Gasteiger charge is 2.27. The molecular formula is C12H16BrFN2O2S. The van der Waals surface area contributed by atoms with Gasteiger partial charge < -0.3 is 5.73 Å². The van der Waals surface area contributed by atoms with E-state index in [1.54, 1.807) is 13.8 Å². The van der Waals surface area contributed by atoms with Gasteiger partial charge in [-0.1, -0.05) is 19.1 Å². The number of benzene rings is 1. The van der Waals surface area contributed by atoms with Crippen molar-refractivity contribution in [2.45, 2.75) is 18.7 Å². The summed E-state index contributed by atoms with van der Waals surface area (Å²) in [5.41, 5.74) is 6.46. The van der Waals surface area contributed by atoms with Crippen LogP contribution in [0, 0.1) is 5.82 Å². The molecular weight excluding hydrogens is 335 g/mol. The van der Waals surface area contributed by atoms with Gasteiger partial charge in [-0.2, -0.15) is 4.31 Å². The molecule has 1 aromatic carbocycles. The van der Waals surface area contributed by atoms with Crippen LogP contribution in [0.4, 0.5) is 10.1 Å². The molecule has 0 bridgehead atoms. The Labute approximate surface area is 121 Å². The zero-order valence-corrected chi connectivity index (χ0v) is 13.2. The number of nitrogens with two attached hydrogens (primary N) is 1. The van der Waals surface area contributed by atoms with Crippen molar-refractivity contribution < 1.29 is 12.8 Å². The van der Waals surface area contributed by atoms with E-state index in [0.29, 0.717) is 10.0 Å². The third-order valence-electron chi connectivity index (χ3n) is 2.47. The van der Waals surface area contributed by atoms with Crippen molar-refractivity contribution in [2.24, 2.45) is 0 Å². The standard InChI is InChI=1S/C12H16BrFN2O2S/c1-4-16(7-8(2)3)19(17,18)12-6-11(15)9(13)5-10(12)14/h5-6H,2,4,7,15H2,1,3H3. The van der Waals surface area contributed by atoms with E-state index in [0.717, 1.165) is 16.4 Å². The maximum atomic E-state index is 13.8. The predicted octanol–water partition coefficient (Wildman–Crippen LogP) is 2.76. The van der Waals surface area contributed by atoms with Gasteiger partial charge in [0, 0.05) is 23.2 Å². The van der Waals surface area contributed by atoms with Gasteiger partial charge in [-0.05, 0) is 35.0 Å². The molecule has 1 rings (SSSR count). The van der Waals surface area contributed by atoms with Gasteiger partial charge in [0.2, 0.25) is 10.0 Å². The number of anilines is 1. The van der Waals surface area contributed by atoms with Gasteiger partial charge in [-0.25, -0.2) is 12.8 Å². The van der Waals surface area contributed by atoms with Crippen molar-refractivity contribution in [3.63, 3.8) is 0 Å². The second kappa shape index (κ2) is 6.02. The second-order valence-electron chi connectivity index (χ2n) is 4.19. The van der Waals surface area contributed by atoms with Crippen LogP contribution in [0.2, 0.25) is 0 Å². The SMILES string of the molecule is C=C(C)CN(CC)S(=O)(=O)c1cc(N)c(Br)cc1F. The lowest BCUT2D eigenvalue weighted by atomic mass is 10.3. The first-order valence-corrected chi connectivity index (χ1v) is 7.82. The number of nitrogen functional groups attached to an aromatic ring is 1. The summed E-state index contributed by atoms with van der Waals surface area (Å²) in [7, 11) is -3.92. The molecule has 0 unspecified atom stereocenters. The van der Waals surface area contributed by atoms with Crippen LogP contribution in [0.5, 0.6) is 0 Å². The maximum Gasteiger partial charge on any atom is 0.246 e. The molecule has 0 heterocycles. The molecule has 0 atom stereocenters. The van der Waals surface area contributed by atoms with Gasteiger partial charge in [0.05, 0.1) is 0 Å². The van der Waals surface area contributed by atoms with Crippen LogP contribution in [0.3, 0.4) is 0 Å². The molecule has 2 N–H and O–H groups in total. The summed E-state index contributed by atoms with van der Waals surface area (Å²) in [6.45, 7) is 7.44. The van der Waals surface area contributed by atoms with Gasteiger partial charge in [0.25, 0.3) is 0 Å². The van der Waals surface area contributed by atoms with E-state index in [1.165, 1.54) is 0 Å². The number of nitrogens with zero attached hydrogens (tertiary/aromatic N) is 1. The summed E-state index contributed by atoms with van der Waals surface area (Å²) in [6, 6.07) is 2.17. The Balaban J connectivity index is 3.33. The molecule has 0 saturated carbocycles. The highest BCUT2D eigenvalue weighted by molar-refractivity contribution is 9.10. The first-order valence-electron chi connectivity index (χ1n) is 5.59. The lowest BCUT2D eigenvalue weighted by Gasteiger charge is -2.21. The summed E-state index contributed by atoms with van der Waals surface area (Å²) in [5, 5.41) is 0. The third kappa shape index (κ3) is 3.55. The summed E-state index contributed by atoms with van der Waals surface area (Å²) < 4.78 is 40.0. The summed E-state index contributed by atoms with van der Waals surface area (Å²) >= 11 is 3.05. The van der Waals surface area contributed by atoms with Crippen LogP contribution in [0.15, 0.2) is 33.7 Å². The molecule has 0 aliphatic carbocycles. The molecule has 0 aliphatic heterocycles. The molecule has 0 amide bonds. The normalized spacial score (nSPS) is 11.8. The average molecular weight is 351 g/mol. The number of hydrogen-bond acceptors (Lipinski definition) is 3. The molecule has 1 aromatic rings. The third-order valence-corrected chi connectivity index (χ3v) is 5.09. The molecule has 0 aromatic heterocycles. The molecule has 7 heteroatoms. The first-order chi connectivity index (χ1) is 8.70. The van der Waals surface area contributed by atoms with Gasteiger partial charge in [0.15, 0.2) is 0 Å². The zero-order valence-electron chi connectivity index (χ0n) is 10.8. The second-order valence-corrected chi connectivity index (χ2v) is 6.95. The van der Waals surface area contributed by atoms with Crippen LogP contribution >= 0.6 is 15.9 Å². The summed E-state index contributed by atoms with van der Waals surface area (Å²) in [5.74, 6) is -0.832. The van der Waals surface area contributed by atoms with Crippen molar-refractivity contribution >= 4 is 31.6 Å². The van der Waals surface area contributed by atoms with Crippen LogP contribution in [0.25, 0.3) is 0 Å². The van der Waals surface area contributed by atoms with Crippen molar-refractivity contribution in [2.75, 3.05) is 18.8 Å². The Hall–Kier alpha value is -0.920. The van der Waals surface area contributed by atoms with Gasteiger partial charge >= 0.3 is 0 Å². The van der Waals surface area contributed by atoms with Crippen LogP contribution in [-0.4, -0.2) is 25.8 Å². The minimum Gasteiger partial charge on any atom is -0.398 e. The fraction of sp³-hybridized carbons (Fsp3) is 0.333. The minimum atomic E-state index is -3.92. The van der Waals surface area contributed by atoms with Crippen LogP contribution in [0.1, 0.15) is 13.8 Å². The number of sulfonamides is 1. The fourth-order valence-electron chi connectivity index (χ4n) is 1.55. The Morgan fingerprint density at radius 1 is 1.53 bits per heavy atom. The van der Waals surface area contributed by atoms with Crippen molar-refractivity contribution in [3.8, 4) is 0 Å². The number of rotatable bonds is 5. The molecule has 0 fully saturated rings. The smallest absolute Gasteiger partial charge is 0.246 e. The zero-order chi connectivity index (χ0) is 14.8. The molecule has 0 spiro atoms. The molecule has 0 radical (unpaired) electrons. The van der Waals surface area contributed by atoms with E-state index in [2.05, 4.69) is 22.5 Å². The van der Waals surface area contributed by atoms with E-state index in [9.17, 15) is 12.8 Å².